The van der Waals surface area contributed by atoms with Gasteiger partial charge in [-0.1, -0.05) is 35.3 Å². The van der Waals surface area contributed by atoms with Crippen LogP contribution in [0.25, 0.3) is 0 Å². The van der Waals surface area contributed by atoms with Gasteiger partial charge in [-0.05, 0) is 47.9 Å². The van der Waals surface area contributed by atoms with E-state index in [-0.39, 0.29) is 5.82 Å². The molecule has 2 aromatic carbocycles. The Kier molecular flexibility index (Phi) is 3.91. The normalized spacial score (nSPS) is 12.5. The van der Waals surface area contributed by atoms with Crippen molar-refractivity contribution in [2.75, 3.05) is 0 Å². The molecule has 1 N–H and O–H groups in total. The average Bonchev–Trinajstić information content (AvgIpc) is 2.30. The molecule has 0 bridgehead atoms. The summed E-state index contributed by atoms with van der Waals surface area (Å²) in [7, 11) is 0. The number of hydrogen-bond donors (Lipinski definition) is 1. The fourth-order valence-corrected chi connectivity index (χ4v) is 2.31. The predicted octanol–water partition coefficient (Wildman–Crippen LogP) is 4.52. The Morgan fingerprint density at radius 3 is 2.17 bits per heavy atom. The molecule has 18 heavy (non-hydrogen) atoms. The van der Waals surface area contributed by atoms with E-state index in [1.54, 1.807) is 37.3 Å². The van der Waals surface area contributed by atoms with Crippen molar-refractivity contribution in [1.29, 1.82) is 0 Å². The summed E-state index contributed by atoms with van der Waals surface area (Å²) in [5, 5.41) is 11.1. The highest BCUT2D eigenvalue weighted by Crippen LogP contribution is 2.28. The van der Waals surface area contributed by atoms with E-state index in [4.69, 9.17) is 23.2 Å². The maximum absolute atomic E-state index is 13.2. The summed E-state index contributed by atoms with van der Waals surface area (Å²) in [6, 6.07) is 9.35. The zero-order chi connectivity index (χ0) is 13.3. The molecule has 0 aliphatic carbocycles. The third-order valence-electron chi connectivity index (χ3n) is 2.70. The molecular formula is C14H11Cl2FO. The second-order valence-electron chi connectivity index (χ2n) is 4.11. The van der Waals surface area contributed by atoms with Crippen molar-refractivity contribution in [1.82, 2.24) is 0 Å². The van der Waals surface area contributed by atoms with Gasteiger partial charge in [0.25, 0.3) is 0 Å². The fourth-order valence-electron chi connectivity index (χ4n) is 1.76. The number of rotatable bonds is 2. The van der Waals surface area contributed by atoms with Gasteiger partial charge in [0, 0.05) is 10.0 Å². The van der Waals surface area contributed by atoms with Gasteiger partial charge in [0.05, 0.1) is 0 Å². The van der Waals surface area contributed by atoms with Crippen LogP contribution in [0.1, 0.15) is 22.8 Å². The molecular weight excluding hydrogens is 274 g/mol. The van der Waals surface area contributed by atoms with E-state index in [1.807, 2.05) is 0 Å². The Morgan fingerprint density at radius 2 is 1.61 bits per heavy atom. The van der Waals surface area contributed by atoms with Crippen LogP contribution in [-0.2, 0) is 0 Å². The van der Waals surface area contributed by atoms with E-state index in [1.165, 1.54) is 6.07 Å². The lowest BCUT2D eigenvalue weighted by Crippen LogP contribution is -2.00. The molecule has 1 atom stereocenters. The molecule has 2 rings (SSSR count). The largest absolute Gasteiger partial charge is 0.384 e. The summed E-state index contributed by atoms with van der Waals surface area (Å²) in [5.74, 6) is -0.296. The molecule has 0 aliphatic rings. The van der Waals surface area contributed by atoms with Crippen LogP contribution in [0.3, 0.4) is 0 Å². The van der Waals surface area contributed by atoms with Gasteiger partial charge in [-0.2, -0.15) is 0 Å². The Hall–Kier alpha value is -1.09. The van der Waals surface area contributed by atoms with Crippen LogP contribution in [0.4, 0.5) is 4.39 Å². The van der Waals surface area contributed by atoms with Gasteiger partial charge in [-0.3, -0.25) is 0 Å². The van der Waals surface area contributed by atoms with Crippen molar-refractivity contribution in [3.63, 3.8) is 0 Å². The molecule has 1 nitrogen and oxygen atoms in total. The molecule has 4 heteroatoms. The second kappa shape index (κ2) is 5.27. The highest BCUT2D eigenvalue weighted by atomic mass is 35.5. The molecule has 0 aliphatic heterocycles. The Bertz CT molecular complexity index is 564. The summed E-state index contributed by atoms with van der Waals surface area (Å²) >= 11 is 11.8. The van der Waals surface area contributed by atoms with Gasteiger partial charge >= 0.3 is 0 Å². The number of aliphatic hydroxyl groups excluding tert-OH is 1. The van der Waals surface area contributed by atoms with Crippen LogP contribution in [0.15, 0.2) is 36.4 Å². The molecule has 0 amide bonds. The molecule has 94 valence electrons. The molecule has 0 saturated heterocycles. The Labute approximate surface area is 115 Å². The zero-order valence-corrected chi connectivity index (χ0v) is 11.1. The van der Waals surface area contributed by atoms with Crippen LogP contribution in [0, 0.1) is 12.7 Å². The van der Waals surface area contributed by atoms with Gasteiger partial charge in [0.2, 0.25) is 0 Å². The minimum absolute atomic E-state index is 0.296. The molecule has 2 aromatic rings. The third kappa shape index (κ3) is 2.83. The minimum atomic E-state index is -0.875. The molecule has 1 unspecified atom stereocenters. The smallest absolute Gasteiger partial charge is 0.126 e. The summed E-state index contributed by atoms with van der Waals surface area (Å²) < 4.78 is 13.2. The van der Waals surface area contributed by atoms with Crippen LogP contribution in [0.2, 0.25) is 10.0 Å². The van der Waals surface area contributed by atoms with Gasteiger partial charge in [0.15, 0.2) is 0 Å². The van der Waals surface area contributed by atoms with Gasteiger partial charge < -0.3 is 5.11 Å². The summed E-state index contributed by atoms with van der Waals surface area (Å²) in [6.45, 7) is 1.65. The quantitative estimate of drug-likeness (QED) is 0.860. The highest BCUT2D eigenvalue weighted by molar-refractivity contribution is 6.34. The summed E-state index contributed by atoms with van der Waals surface area (Å²) in [5.41, 5.74) is 1.67. The Balaban J connectivity index is 2.40. The van der Waals surface area contributed by atoms with Gasteiger partial charge in [-0.15, -0.1) is 0 Å². The standard InChI is InChI=1S/C14H11Cl2FO/c1-8-4-9(2-3-13(8)17)14(18)10-5-11(15)7-12(16)6-10/h2-7,14,18H,1H3. The van der Waals surface area contributed by atoms with Crippen LogP contribution in [0.5, 0.6) is 0 Å². The molecule has 0 aromatic heterocycles. The van der Waals surface area contributed by atoms with Crippen molar-refractivity contribution in [2.24, 2.45) is 0 Å². The van der Waals surface area contributed by atoms with Crippen LogP contribution in [-0.4, -0.2) is 5.11 Å². The number of hydrogen-bond acceptors (Lipinski definition) is 1. The first-order valence-electron chi connectivity index (χ1n) is 5.37. The van der Waals surface area contributed by atoms with E-state index in [0.29, 0.717) is 26.7 Å². The van der Waals surface area contributed by atoms with E-state index in [0.717, 1.165) is 0 Å². The molecule has 0 fully saturated rings. The molecule has 0 radical (unpaired) electrons. The fraction of sp³-hybridized carbons (Fsp3) is 0.143. The van der Waals surface area contributed by atoms with Gasteiger partial charge in [-0.25, -0.2) is 4.39 Å². The van der Waals surface area contributed by atoms with Crippen LogP contribution < -0.4 is 0 Å². The molecule has 0 saturated carbocycles. The van der Waals surface area contributed by atoms with E-state index in [2.05, 4.69) is 0 Å². The lowest BCUT2D eigenvalue weighted by atomic mass is 10.00. The number of benzene rings is 2. The minimum Gasteiger partial charge on any atom is -0.384 e. The van der Waals surface area contributed by atoms with E-state index >= 15 is 0 Å². The van der Waals surface area contributed by atoms with Gasteiger partial charge in [0.1, 0.15) is 11.9 Å². The molecule has 0 spiro atoms. The van der Waals surface area contributed by atoms with Crippen molar-refractivity contribution >= 4 is 23.2 Å². The second-order valence-corrected chi connectivity index (χ2v) is 4.99. The first-order valence-corrected chi connectivity index (χ1v) is 6.13. The summed E-state index contributed by atoms with van der Waals surface area (Å²) in [4.78, 5) is 0. The van der Waals surface area contributed by atoms with Crippen molar-refractivity contribution in [3.05, 3.63) is 69.0 Å². The number of aliphatic hydroxyl groups is 1. The SMILES string of the molecule is Cc1cc(C(O)c2cc(Cl)cc(Cl)c2)ccc1F. The number of aryl methyl sites for hydroxylation is 1. The topological polar surface area (TPSA) is 20.2 Å². The van der Waals surface area contributed by atoms with Crippen LogP contribution >= 0.6 is 23.2 Å². The lowest BCUT2D eigenvalue weighted by molar-refractivity contribution is 0.220. The maximum Gasteiger partial charge on any atom is 0.126 e. The lowest BCUT2D eigenvalue weighted by Gasteiger charge is -2.13. The summed E-state index contributed by atoms with van der Waals surface area (Å²) in [6.07, 6.45) is -0.875. The first kappa shape index (κ1) is 13.3. The van der Waals surface area contributed by atoms with E-state index in [9.17, 15) is 9.50 Å². The monoisotopic (exact) mass is 284 g/mol. The van der Waals surface area contributed by atoms with Crippen molar-refractivity contribution in [3.8, 4) is 0 Å². The first-order chi connectivity index (χ1) is 8.47. The van der Waals surface area contributed by atoms with E-state index < -0.39 is 6.10 Å². The zero-order valence-electron chi connectivity index (χ0n) is 9.62. The highest BCUT2D eigenvalue weighted by Gasteiger charge is 2.13. The average molecular weight is 285 g/mol. The maximum atomic E-state index is 13.2. The number of halogens is 3. The third-order valence-corrected chi connectivity index (χ3v) is 3.13. The van der Waals surface area contributed by atoms with Crippen molar-refractivity contribution < 1.29 is 9.50 Å². The predicted molar refractivity (Wildman–Crippen MR) is 71.7 cm³/mol. The van der Waals surface area contributed by atoms with Crippen molar-refractivity contribution in [2.45, 2.75) is 13.0 Å². The molecule has 0 heterocycles. The Morgan fingerprint density at radius 1 is 1.00 bits per heavy atom.